The second kappa shape index (κ2) is 5.73. The number of benzene rings is 1. The molecule has 0 radical (unpaired) electrons. The zero-order valence-corrected chi connectivity index (χ0v) is 12.4. The number of nitrogens with two attached hydrogens (primary N) is 1. The summed E-state index contributed by atoms with van der Waals surface area (Å²) in [7, 11) is 1.35. The molecule has 4 heteroatoms. The van der Waals surface area contributed by atoms with Crippen molar-refractivity contribution in [3.05, 3.63) is 23.8 Å². The summed E-state index contributed by atoms with van der Waals surface area (Å²) in [6.45, 7) is 4.57. The molecule has 0 amide bonds. The summed E-state index contributed by atoms with van der Waals surface area (Å²) >= 11 is 0. The Morgan fingerprint density at radius 2 is 1.95 bits per heavy atom. The van der Waals surface area contributed by atoms with Crippen LogP contribution in [0.2, 0.25) is 0 Å². The molecule has 2 rings (SSSR count). The molecule has 0 atom stereocenters. The molecule has 110 valence electrons. The normalized spacial score (nSPS) is 18.6. The maximum absolute atomic E-state index is 11.6. The lowest BCUT2D eigenvalue weighted by Gasteiger charge is -2.34. The zero-order valence-electron chi connectivity index (χ0n) is 12.4. The van der Waals surface area contributed by atoms with Gasteiger partial charge in [0.05, 0.1) is 24.5 Å². The van der Waals surface area contributed by atoms with E-state index in [0.717, 1.165) is 25.7 Å². The first-order chi connectivity index (χ1) is 9.43. The molecule has 0 heterocycles. The van der Waals surface area contributed by atoms with Gasteiger partial charge in [-0.1, -0.05) is 19.9 Å². The van der Waals surface area contributed by atoms with E-state index < -0.39 is 5.97 Å². The zero-order chi connectivity index (χ0) is 14.8. The Morgan fingerprint density at radius 1 is 1.30 bits per heavy atom. The summed E-state index contributed by atoms with van der Waals surface area (Å²) in [5, 5.41) is 0. The van der Waals surface area contributed by atoms with Crippen molar-refractivity contribution in [1.29, 1.82) is 0 Å². The maximum atomic E-state index is 11.6. The van der Waals surface area contributed by atoms with Crippen LogP contribution in [0.4, 0.5) is 5.69 Å². The van der Waals surface area contributed by atoms with Crippen LogP contribution in [-0.4, -0.2) is 19.2 Å². The molecule has 0 spiro atoms. The molecule has 0 aliphatic heterocycles. The van der Waals surface area contributed by atoms with Crippen LogP contribution in [0.1, 0.15) is 49.9 Å². The number of esters is 1. The van der Waals surface area contributed by atoms with Crippen LogP contribution in [0.25, 0.3) is 0 Å². The van der Waals surface area contributed by atoms with Crippen LogP contribution < -0.4 is 10.5 Å². The molecule has 0 saturated heterocycles. The Balaban J connectivity index is 2.09. The van der Waals surface area contributed by atoms with Gasteiger partial charge in [0.1, 0.15) is 5.75 Å². The van der Waals surface area contributed by atoms with Crippen molar-refractivity contribution in [2.45, 2.75) is 45.6 Å². The van der Waals surface area contributed by atoms with E-state index >= 15 is 0 Å². The number of nitrogen functional groups attached to an aromatic ring is 1. The van der Waals surface area contributed by atoms with E-state index in [1.54, 1.807) is 12.1 Å². The minimum absolute atomic E-state index is 0.179. The molecule has 1 fully saturated rings. The third-order valence-electron chi connectivity index (χ3n) is 4.05. The number of carbonyl (C=O) groups excluding carboxylic acids is 1. The molecule has 0 bridgehead atoms. The van der Waals surface area contributed by atoms with Gasteiger partial charge in [-0.25, -0.2) is 4.79 Å². The van der Waals surface area contributed by atoms with Crippen LogP contribution >= 0.6 is 0 Å². The van der Waals surface area contributed by atoms with Gasteiger partial charge < -0.3 is 15.2 Å². The van der Waals surface area contributed by atoms with Gasteiger partial charge in [0.25, 0.3) is 0 Å². The Labute approximate surface area is 120 Å². The average Bonchev–Trinajstić information content (AvgIpc) is 2.42. The van der Waals surface area contributed by atoms with Crippen molar-refractivity contribution < 1.29 is 14.3 Å². The smallest absolute Gasteiger partial charge is 0.340 e. The van der Waals surface area contributed by atoms with Crippen molar-refractivity contribution in [2.75, 3.05) is 12.8 Å². The molecule has 0 aromatic heterocycles. The number of anilines is 1. The van der Waals surface area contributed by atoms with Gasteiger partial charge in [0.15, 0.2) is 0 Å². The van der Waals surface area contributed by atoms with E-state index in [1.165, 1.54) is 7.11 Å². The largest absolute Gasteiger partial charge is 0.488 e. The second-order valence-electron chi connectivity index (χ2n) is 6.19. The number of methoxy groups -OCH3 is 1. The number of hydrogen-bond acceptors (Lipinski definition) is 4. The van der Waals surface area contributed by atoms with Gasteiger partial charge >= 0.3 is 5.97 Å². The highest BCUT2D eigenvalue weighted by Crippen LogP contribution is 2.37. The average molecular weight is 277 g/mol. The number of ether oxygens (including phenoxy) is 2. The minimum Gasteiger partial charge on any atom is -0.488 e. The SMILES string of the molecule is COC(=O)c1cccc(OC2CCC(C)(C)CC2)c1N. The summed E-state index contributed by atoms with van der Waals surface area (Å²) in [6, 6.07) is 5.23. The van der Waals surface area contributed by atoms with Gasteiger partial charge in [0.2, 0.25) is 0 Å². The van der Waals surface area contributed by atoms with Crippen LogP contribution in [0.5, 0.6) is 5.75 Å². The lowest BCUT2D eigenvalue weighted by Crippen LogP contribution is -2.28. The summed E-state index contributed by atoms with van der Waals surface area (Å²) in [5.74, 6) is 0.148. The second-order valence-corrected chi connectivity index (χ2v) is 6.19. The standard InChI is InChI=1S/C16H23NO3/c1-16(2)9-7-11(8-10-16)20-13-6-4-5-12(14(13)17)15(18)19-3/h4-6,11H,7-10,17H2,1-3H3. The lowest BCUT2D eigenvalue weighted by molar-refractivity contribution is 0.0600. The third-order valence-corrected chi connectivity index (χ3v) is 4.05. The molecular formula is C16H23NO3. The maximum Gasteiger partial charge on any atom is 0.340 e. The number of carbonyl (C=O) groups is 1. The molecule has 1 aliphatic rings. The number of rotatable bonds is 3. The van der Waals surface area contributed by atoms with E-state index in [1.807, 2.05) is 6.07 Å². The summed E-state index contributed by atoms with van der Waals surface area (Å²) in [5.41, 5.74) is 7.13. The molecule has 1 aromatic carbocycles. The molecule has 1 saturated carbocycles. The van der Waals surface area contributed by atoms with Crippen molar-refractivity contribution in [1.82, 2.24) is 0 Å². The fraction of sp³-hybridized carbons (Fsp3) is 0.562. The first-order valence-corrected chi connectivity index (χ1v) is 7.06. The van der Waals surface area contributed by atoms with Crippen molar-refractivity contribution >= 4 is 11.7 Å². The van der Waals surface area contributed by atoms with E-state index in [0.29, 0.717) is 22.4 Å². The quantitative estimate of drug-likeness (QED) is 0.679. The molecule has 0 unspecified atom stereocenters. The topological polar surface area (TPSA) is 61.5 Å². The minimum atomic E-state index is -0.433. The predicted octanol–water partition coefficient (Wildman–Crippen LogP) is 3.40. The number of hydrogen-bond donors (Lipinski definition) is 1. The third kappa shape index (κ3) is 3.24. The van der Waals surface area contributed by atoms with Crippen LogP contribution in [0, 0.1) is 5.41 Å². The molecular weight excluding hydrogens is 254 g/mol. The van der Waals surface area contributed by atoms with Crippen LogP contribution in [0.15, 0.2) is 18.2 Å². The van der Waals surface area contributed by atoms with Crippen LogP contribution in [-0.2, 0) is 4.74 Å². The van der Waals surface area contributed by atoms with Gasteiger partial charge in [-0.15, -0.1) is 0 Å². The summed E-state index contributed by atoms with van der Waals surface area (Å²) in [4.78, 5) is 11.6. The Morgan fingerprint density at radius 3 is 2.55 bits per heavy atom. The predicted molar refractivity (Wildman–Crippen MR) is 78.9 cm³/mol. The van der Waals surface area contributed by atoms with Crippen molar-refractivity contribution in [3.63, 3.8) is 0 Å². The van der Waals surface area contributed by atoms with Crippen molar-refractivity contribution in [2.24, 2.45) is 5.41 Å². The summed E-state index contributed by atoms with van der Waals surface area (Å²) in [6.07, 6.45) is 4.52. The van der Waals surface area contributed by atoms with Gasteiger partial charge in [-0.3, -0.25) is 0 Å². The summed E-state index contributed by atoms with van der Waals surface area (Å²) < 4.78 is 10.7. The van der Waals surface area contributed by atoms with Gasteiger partial charge in [-0.05, 0) is 43.2 Å². The van der Waals surface area contributed by atoms with Crippen LogP contribution in [0.3, 0.4) is 0 Å². The van der Waals surface area contributed by atoms with Gasteiger partial charge in [0, 0.05) is 0 Å². The van der Waals surface area contributed by atoms with E-state index in [4.69, 9.17) is 15.2 Å². The molecule has 1 aromatic rings. The fourth-order valence-electron chi connectivity index (χ4n) is 2.60. The number of para-hydroxylation sites is 1. The van der Waals surface area contributed by atoms with E-state index in [9.17, 15) is 4.79 Å². The fourth-order valence-corrected chi connectivity index (χ4v) is 2.60. The molecule has 1 aliphatic carbocycles. The lowest BCUT2D eigenvalue weighted by atomic mass is 9.76. The van der Waals surface area contributed by atoms with E-state index in [-0.39, 0.29) is 6.10 Å². The first kappa shape index (κ1) is 14.7. The van der Waals surface area contributed by atoms with E-state index in [2.05, 4.69) is 13.8 Å². The monoisotopic (exact) mass is 277 g/mol. The molecule has 2 N–H and O–H groups in total. The Hall–Kier alpha value is -1.71. The van der Waals surface area contributed by atoms with Gasteiger partial charge in [-0.2, -0.15) is 0 Å². The first-order valence-electron chi connectivity index (χ1n) is 7.06. The molecule has 4 nitrogen and oxygen atoms in total. The highest BCUT2D eigenvalue weighted by molar-refractivity contribution is 5.96. The highest BCUT2D eigenvalue weighted by Gasteiger charge is 2.28. The Bertz CT molecular complexity index is 486. The van der Waals surface area contributed by atoms with Crippen molar-refractivity contribution in [3.8, 4) is 5.75 Å². The Kier molecular flexibility index (Phi) is 4.21. The molecule has 20 heavy (non-hydrogen) atoms. The highest BCUT2D eigenvalue weighted by atomic mass is 16.5.